The Kier molecular flexibility index (Phi) is 4.90. The fourth-order valence-electron chi connectivity index (χ4n) is 2.44. The molecule has 1 N–H and O–H groups in total. The lowest BCUT2D eigenvalue weighted by atomic mass is 9.86. The molecule has 112 valence electrons. The van der Waals surface area contributed by atoms with Gasteiger partial charge in [-0.15, -0.1) is 0 Å². The molecule has 0 amide bonds. The van der Waals surface area contributed by atoms with Crippen molar-refractivity contribution in [3.05, 3.63) is 69.2 Å². The molecule has 1 atom stereocenters. The molecule has 0 fully saturated rings. The first-order valence-corrected chi connectivity index (χ1v) is 8.09. The van der Waals surface area contributed by atoms with Crippen molar-refractivity contribution < 1.29 is 5.11 Å². The highest BCUT2D eigenvalue weighted by molar-refractivity contribution is 9.10. The topological polar surface area (TPSA) is 20.2 Å². The Morgan fingerprint density at radius 2 is 1.67 bits per heavy atom. The Morgan fingerprint density at radius 3 is 2.19 bits per heavy atom. The Balaban J connectivity index is 2.14. The lowest BCUT2D eigenvalue weighted by Crippen LogP contribution is -2.11. The number of aryl methyl sites for hydroxylation is 1. The van der Waals surface area contributed by atoms with E-state index in [1.165, 1.54) is 5.56 Å². The van der Waals surface area contributed by atoms with Gasteiger partial charge in [-0.25, -0.2) is 0 Å². The van der Waals surface area contributed by atoms with Gasteiger partial charge in [0.25, 0.3) is 0 Å². The van der Waals surface area contributed by atoms with E-state index in [9.17, 15) is 5.11 Å². The van der Waals surface area contributed by atoms with E-state index in [-0.39, 0.29) is 5.41 Å². The largest absolute Gasteiger partial charge is 0.388 e. The average Bonchev–Trinajstić information content (AvgIpc) is 2.37. The van der Waals surface area contributed by atoms with E-state index in [1.54, 1.807) is 0 Å². The minimum atomic E-state index is -0.471. The van der Waals surface area contributed by atoms with Crippen molar-refractivity contribution >= 4 is 15.9 Å². The molecule has 2 rings (SSSR count). The molecule has 0 aliphatic carbocycles. The molecular weight excluding hydrogens is 324 g/mol. The second-order valence-electron chi connectivity index (χ2n) is 6.73. The summed E-state index contributed by atoms with van der Waals surface area (Å²) in [6.45, 7) is 8.67. The molecule has 1 nitrogen and oxygen atoms in total. The van der Waals surface area contributed by atoms with Crippen LogP contribution in [0.2, 0.25) is 0 Å². The summed E-state index contributed by atoms with van der Waals surface area (Å²) in [5.74, 6) is 0. The molecule has 0 saturated heterocycles. The zero-order chi connectivity index (χ0) is 15.6. The normalized spacial score (nSPS) is 13.2. The molecule has 0 heterocycles. The van der Waals surface area contributed by atoms with Gasteiger partial charge >= 0.3 is 0 Å². The van der Waals surface area contributed by atoms with Gasteiger partial charge in [0.15, 0.2) is 0 Å². The number of halogens is 1. The summed E-state index contributed by atoms with van der Waals surface area (Å²) in [6.07, 6.45) is 0.169. The summed E-state index contributed by atoms with van der Waals surface area (Å²) in [5, 5.41) is 10.4. The van der Waals surface area contributed by atoms with Gasteiger partial charge in [0, 0.05) is 10.9 Å². The lowest BCUT2D eigenvalue weighted by Gasteiger charge is -2.19. The van der Waals surface area contributed by atoms with Crippen LogP contribution in [0.1, 0.15) is 49.1 Å². The molecule has 1 unspecified atom stereocenters. The predicted octanol–water partition coefficient (Wildman–Crippen LogP) is 5.33. The Hall–Kier alpha value is -1.12. The summed E-state index contributed by atoms with van der Waals surface area (Å²) < 4.78 is 1.01. The molecule has 0 saturated carbocycles. The van der Waals surface area contributed by atoms with Crippen molar-refractivity contribution in [2.45, 2.75) is 45.6 Å². The van der Waals surface area contributed by atoms with Crippen LogP contribution in [0.15, 0.2) is 46.9 Å². The van der Waals surface area contributed by atoms with Crippen LogP contribution in [0.4, 0.5) is 0 Å². The van der Waals surface area contributed by atoms with E-state index in [0.717, 1.165) is 21.2 Å². The number of benzene rings is 2. The van der Waals surface area contributed by atoms with E-state index >= 15 is 0 Å². The third-order valence-electron chi connectivity index (χ3n) is 3.70. The second-order valence-corrected chi connectivity index (χ2v) is 7.64. The van der Waals surface area contributed by atoms with Gasteiger partial charge < -0.3 is 5.11 Å². The lowest BCUT2D eigenvalue weighted by molar-refractivity contribution is 0.178. The molecule has 2 aromatic carbocycles. The number of hydrogen-bond acceptors (Lipinski definition) is 1. The number of rotatable bonds is 3. The van der Waals surface area contributed by atoms with Crippen LogP contribution in [0, 0.1) is 6.92 Å². The SMILES string of the molecule is Cc1cc(Br)cc(C(O)Cc2ccc(C(C)(C)C)cc2)c1. The maximum Gasteiger partial charge on any atom is 0.0830 e. The highest BCUT2D eigenvalue weighted by Gasteiger charge is 2.14. The Labute approximate surface area is 136 Å². The molecule has 0 radical (unpaired) electrons. The molecule has 0 aliphatic rings. The van der Waals surface area contributed by atoms with Crippen molar-refractivity contribution in [3.8, 4) is 0 Å². The van der Waals surface area contributed by atoms with Gasteiger partial charge in [0.2, 0.25) is 0 Å². The zero-order valence-corrected chi connectivity index (χ0v) is 14.7. The number of hydrogen-bond donors (Lipinski definition) is 1. The molecule has 0 bridgehead atoms. The summed E-state index contributed by atoms with van der Waals surface area (Å²) >= 11 is 3.49. The summed E-state index contributed by atoms with van der Waals surface area (Å²) in [6, 6.07) is 14.6. The minimum Gasteiger partial charge on any atom is -0.388 e. The van der Waals surface area contributed by atoms with Crippen LogP contribution < -0.4 is 0 Å². The van der Waals surface area contributed by atoms with E-state index in [2.05, 4.69) is 61.0 Å². The van der Waals surface area contributed by atoms with Gasteiger partial charge in [-0.3, -0.25) is 0 Å². The van der Waals surface area contributed by atoms with Gasteiger partial charge in [-0.05, 0) is 46.7 Å². The molecular formula is C19H23BrO. The van der Waals surface area contributed by atoms with Crippen LogP contribution in [-0.2, 0) is 11.8 Å². The second kappa shape index (κ2) is 6.33. The van der Waals surface area contributed by atoms with Crippen molar-refractivity contribution in [2.75, 3.05) is 0 Å². The van der Waals surface area contributed by atoms with Gasteiger partial charge in [0.1, 0.15) is 0 Å². The minimum absolute atomic E-state index is 0.165. The van der Waals surface area contributed by atoms with Crippen molar-refractivity contribution in [1.29, 1.82) is 0 Å². The third kappa shape index (κ3) is 4.42. The highest BCUT2D eigenvalue weighted by Crippen LogP contribution is 2.26. The van der Waals surface area contributed by atoms with Crippen LogP contribution >= 0.6 is 15.9 Å². The number of aliphatic hydroxyl groups excluding tert-OH is 1. The standard InChI is InChI=1S/C19H23BrO/c1-13-9-15(12-17(20)10-13)18(21)11-14-5-7-16(8-6-14)19(2,3)4/h5-10,12,18,21H,11H2,1-4H3. The highest BCUT2D eigenvalue weighted by atomic mass is 79.9. The smallest absolute Gasteiger partial charge is 0.0830 e. The quantitative estimate of drug-likeness (QED) is 0.795. The predicted molar refractivity (Wildman–Crippen MR) is 92.7 cm³/mol. The van der Waals surface area contributed by atoms with Crippen molar-refractivity contribution in [1.82, 2.24) is 0 Å². The van der Waals surface area contributed by atoms with Gasteiger partial charge in [-0.1, -0.05) is 67.0 Å². The third-order valence-corrected chi connectivity index (χ3v) is 4.16. The van der Waals surface area contributed by atoms with Crippen LogP contribution in [-0.4, -0.2) is 5.11 Å². The molecule has 0 aliphatic heterocycles. The first-order chi connectivity index (χ1) is 9.75. The maximum absolute atomic E-state index is 10.4. The van der Waals surface area contributed by atoms with Gasteiger partial charge in [-0.2, -0.15) is 0 Å². The molecule has 21 heavy (non-hydrogen) atoms. The van der Waals surface area contributed by atoms with Crippen LogP contribution in [0.5, 0.6) is 0 Å². The number of aliphatic hydroxyl groups is 1. The fourth-order valence-corrected chi connectivity index (χ4v) is 3.06. The first-order valence-electron chi connectivity index (χ1n) is 7.30. The average molecular weight is 347 g/mol. The first kappa shape index (κ1) is 16.3. The monoisotopic (exact) mass is 346 g/mol. The van der Waals surface area contributed by atoms with E-state index in [1.807, 2.05) is 25.1 Å². The molecule has 2 aromatic rings. The molecule has 0 aromatic heterocycles. The summed E-state index contributed by atoms with van der Waals surface area (Å²) in [7, 11) is 0. The van der Waals surface area contributed by atoms with Crippen LogP contribution in [0.25, 0.3) is 0 Å². The maximum atomic E-state index is 10.4. The van der Waals surface area contributed by atoms with E-state index < -0.39 is 6.10 Å². The summed E-state index contributed by atoms with van der Waals surface area (Å²) in [4.78, 5) is 0. The van der Waals surface area contributed by atoms with E-state index in [4.69, 9.17) is 0 Å². The summed E-state index contributed by atoms with van der Waals surface area (Å²) in [5.41, 5.74) is 4.76. The molecule has 2 heteroatoms. The fraction of sp³-hybridized carbons (Fsp3) is 0.368. The van der Waals surface area contributed by atoms with Crippen LogP contribution in [0.3, 0.4) is 0 Å². The van der Waals surface area contributed by atoms with Crippen molar-refractivity contribution in [2.24, 2.45) is 0 Å². The Bertz CT molecular complexity index is 588. The Morgan fingerprint density at radius 1 is 1.05 bits per heavy atom. The van der Waals surface area contributed by atoms with Gasteiger partial charge in [0.05, 0.1) is 6.10 Å². The van der Waals surface area contributed by atoms with Crippen molar-refractivity contribution in [3.63, 3.8) is 0 Å². The zero-order valence-electron chi connectivity index (χ0n) is 13.2. The molecule has 0 spiro atoms. The van der Waals surface area contributed by atoms with E-state index in [0.29, 0.717) is 6.42 Å².